The summed E-state index contributed by atoms with van der Waals surface area (Å²) in [5.41, 5.74) is 2.03. The molecule has 0 saturated carbocycles. The van der Waals surface area contributed by atoms with E-state index in [1.54, 1.807) is 35.7 Å². The van der Waals surface area contributed by atoms with Gasteiger partial charge in [-0.2, -0.15) is 0 Å². The Morgan fingerprint density at radius 2 is 1.79 bits per heavy atom. The van der Waals surface area contributed by atoms with Gasteiger partial charge in [-0.05, 0) is 50.6 Å². The van der Waals surface area contributed by atoms with Crippen LogP contribution in [0, 0.1) is 6.92 Å². The largest absolute Gasteiger partial charge is 0.355 e. The van der Waals surface area contributed by atoms with Crippen molar-refractivity contribution in [2.75, 3.05) is 12.3 Å². The van der Waals surface area contributed by atoms with Crippen LogP contribution in [0.25, 0.3) is 0 Å². The maximum atomic E-state index is 13.0. The number of carbonyl (C=O) groups excluding carboxylic acids is 2. The Balaban J connectivity index is 2.07. The van der Waals surface area contributed by atoms with Crippen LogP contribution in [-0.4, -0.2) is 35.1 Å². The smallest absolute Gasteiger partial charge is 0.242 e. The van der Waals surface area contributed by atoms with E-state index in [1.807, 2.05) is 19.9 Å². The van der Waals surface area contributed by atoms with E-state index in [0.717, 1.165) is 10.5 Å². The molecule has 1 N–H and O–H groups in total. The number of benzene rings is 2. The molecule has 1 atom stereocenters. The quantitative estimate of drug-likeness (QED) is 0.522. The highest BCUT2D eigenvalue weighted by Gasteiger charge is 2.25. The summed E-state index contributed by atoms with van der Waals surface area (Å²) in [4.78, 5) is 28.1. The molecule has 2 aromatic rings. The van der Waals surface area contributed by atoms with E-state index in [4.69, 9.17) is 23.2 Å². The fourth-order valence-corrected chi connectivity index (χ4v) is 3.94. The van der Waals surface area contributed by atoms with Gasteiger partial charge in [0.25, 0.3) is 0 Å². The summed E-state index contributed by atoms with van der Waals surface area (Å²) in [7, 11) is 0. The normalized spacial score (nSPS) is 11.8. The third-order valence-corrected chi connectivity index (χ3v) is 6.21. The van der Waals surface area contributed by atoms with E-state index in [2.05, 4.69) is 29.6 Å². The minimum Gasteiger partial charge on any atom is -0.355 e. The van der Waals surface area contributed by atoms with Gasteiger partial charge in [0.1, 0.15) is 6.04 Å². The van der Waals surface area contributed by atoms with Gasteiger partial charge < -0.3 is 10.2 Å². The van der Waals surface area contributed by atoms with Gasteiger partial charge in [-0.3, -0.25) is 9.59 Å². The number of aryl methyl sites for hydroxylation is 1. The van der Waals surface area contributed by atoms with Gasteiger partial charge in [-0.25, -0.2) is 0 Å². The molecule has 0 heterocycles. The van der Waals surface area contributed by atoms with Gasteiger partial charge in [0, 0.05) is 30.2 Å². The average Bonchev–Trinajstić information content (AvgIpc) is 2.69. The predicted molar refractivity (Wildman–Crippen MR) is 122 cm³/mol. The lowest BCUT2D eigenvalue weighted by Crippen LogP contribution is -2.47. The number of nitrogens with zero attached hydrogens (tertiary/aromatic N) is 1. The minimum absolute atomic E-state index is 0.0746. The topological polar surface area (TPSA) is 49.4 Å². The molecule has 4 nitrogen and oxygen atoms in total. The summed E-state index contributed by atoms with van der Waals surface area (Å²) in [5, 5.41) is 3.67. The van der Waals surface area contributed by atoms with Crippen molar-refractivity contribution in [3.8, 4) is 0 Å². The summed E-state index contributed by atoms with van der Waals surface area (Å²) in [6.45, 7) is 6.45. The molecule has 0 aliphatic heterocycles. The van der Waals surface area contributed by atoms with E-state index in [-0.39, 0.29) is 11.8 Å². The van der Waals surface area contributed by atoms with Crippen LogP contribution in [0.15, 0.2) is 47.4 Å². The fraction of sp³-hybridized carbons (Fsp3) is 0.364. The average molecular weight is 453 g/mol. The number of halogens is 2. The van der Waals surface area contributed by atoms with Crippen LogP contribution in [0.1, 0.15) is 31.4 Å². The van der Waals surface area contributed by atoms with Crippen molar-refractivity contribution in [3.05, 3.63) is 63.6 Å². The van der Waals surface area contributed by atoms with Crippen molar-refractivity contribution in [2.45, 2.75) is 44.7 Å². The number of hydrogen-bond acceptors (Lipinski definition) is 3. The molecule has 0 saturated heterocycles. The van der Waals surface area contributed by atoms with E-state index in [9.17, 15) is 9.59 Å². The first kappa shape index (κ1) is 23.6. The van der Waals surface area contributed by atoms with Crippen LogP contribution in [0.5, 0.6) is 0 Å². The lowest BCUT2D eigenvalue weighted by molar-refractivity contribution is -0.140. The van der Waals surface area contributed by atoms with Gasteiger partial charge in [0.05, 0.1) is 10.0 Å². The van der Waals surface area contributed by atoms with E-state index < -0.39 is 6.04 Å². The molecule has 2 aromatic carbocycles. The van der Waals surface area contributed by atoms with Crippen LogP contribution in [-0.2, 0) is 16.1 Å². The second-order valence-corrected chi connectivity index (χ2v) is 8.73. The fourth-order valence-electron chi connectivity index (χ4n) is 2.77. The molecule has 7 heteroatoms. The monoisotopic (exact) mass is 452 g/mol. The summed E-state index contributed by atoms with van der Waals surface area (Å²) in [6.07, 6.45) is 0.337. The number of likely N-dealkylation sites (N-methyl/N-ethyl adjacent to an activating group) is 1. The number of thioether (sulfide) groups is 1. The Morgan fingerprint density at radius 1 is 1.10 bits per heavy atom. The Labute approximate surface area is 187 Å². The van der Waals surface area contributed by atoms with Crippen molar-refractivity contribution in [1.29, 1.82) is 0 Å². The van der Waals surface area contributed by atoms with Crippen LogP contribution in [0.4, 0.5) is 0 Å². The Bertz CT molecular complexity index is 843. The number of rotatable bonds is 9. The first-order valence-corrected chi connectivity index (χ1v) is 11.3. The SMILES string of the molecule is CCNC(=O)C(C)N(Cc1ccc(Cl)c(Cl)c1)C(=O)CCSc1ccc(C)cc1. The van der Waals surface area contributed by atoms with E-state index in [0.29, 0.717) is 35.3 Å². The molecule has 2 amide bonds. The summed E-state index contributed by atoms with van der Waals surface area (Å²) in [6, 6.07) is 12.9. The zero-order valence-electron chi connectivity index (χ0n) is 16.9. The van der Waals surface area contributed by atoms with Crippen molar-refractivity contribution < 1.29 is 9.59 Å². The molecule has 0 spiro atoms. The van der Waals surface area contributed by atoms with Crippen molar-refractivity contribution in [3.63, 3.8) is 0 Å². The predicted octanol–water partition coefficient (Wildman–Crippen LogP) is 5.34. The molecule has 29 heavy (non-hydrogen) atoms. The number of nitrogens with one attached hydrogen (secondary N) is 1. The Kier molecular flexibility index (Phi) is 9.34. The summed E-state index contributed by atoms with van der Waals surface area (Å²) >= 11 is 13.7. The van der Waals surface area contributed by atoms with Crippen LogP contribution in [0.2, 0.25) is 10.0 Å². The van der Waals surface area contributed by atoms with Gasteiger partial charge in [-0.1, -0.05) is 47.0 Å². The molecule has 156 valence electrons. The lowest BCUT2D eigenvalue weighted by Gasteiger charge is -2.29. The highest BCUT2D eigenvalue weighted by atomic mass is 35.5. The van der Waals surface area contributed by atoms with Crippen LogP contribution < -0.4 is 5.32 Å². The zero-order chi connectivity index (χ0) is 21.4. The zero-order valence-corrected chi connectivity index (χ0v) is 19.2. The summed E-state index contributed by atoms with van der Waals surface area (Å²) in [5.74, 6) is 0.392. The van der Waals surface area contributed by atoms with Gasteiger partial charge in [0.2, 0.25) is 11.8 Å². The molecule has 0 fully saturated rings. The minimum atomic E-state index is -0.582. The lowest BCUT2D eigenvalue weighted by atomic mass is 10.1. The third-order valence-electron chi connectivity index (χ3n) is 4.46. The Morgan fingerprint density at radius 3 is 2.41 bits per heavy atom. The maximum Gasteiger partial charge on any atom is 0.242 e. The number of hydrogen-bond donors (Lipinski definition) is 1. The van der Waals surface area contributed by atoms with Crippen molar-refractivity contribution in [2.24, 2.45) is 0 Å². The van der Waals surface area contributed by atoms with Crippen LogP contribution >= 0.6 is 35.0 Å². The first-order chi connectivity index (χ1) is 13.8. The van der Waals surface area contributed by atoms with E-state index in [1.165, 1.54) is 5.56 Å². The van der Waals surface area contributed by atoms with Gasteiger partial charge in [-0.15, -0.1) is 11.8 Å². The summed E-state index contributed by atoms with van der Waals surface area (Å²) < 4.78 is 0. The van der Waals surface area contributed by atoms with E-state index >= 15 is 0 Å². The third kappa shape index (κ3) is 7.25. The molecular formula is C22H26Cl2N2O2S. The van der Waals surface area contributed by atoms with Gasteiger partial charge in [0.15, 0.2) is 0 Å². The highest BCUT2D eigenvalue weighted by Crippen LogP contribution is 2.24. The van der Waals surface area contributed by atoms with Crippen molar-refractivity contribution in [1.82, 2.24) is 10.2 Å². The molecular weight excluding hydrogens is 427 g/mol. The molecule has 0 bridgehead atoms. The first-order valence-electron chi connectivity index (χ1n) is 9.52. The number of carbonyl (C=O) groups is 2. The molecule has 0 radical (unpaired) electrons. The molecule has 1 unspecified atom stereocenters. The second-order valence-electron chi connectivity index (χ2n) is 6.75. The standard InChI is InChI=1S/C22H26Cl2N2O2S/c1-4-25-22(28)16(3)26(14-17-7-10-19(23)20(24)13-17)21(27)11-12-29-18-8-5-15(2)6-9-18/h5-10,13,16H,4,11-12,14H2,1-3H3,(H,25,28). The molecule has 0 aliphatic carbocycles. The molecule has 0 aromatic heterocycles. The number of amides is 2. The van der Waals surface area contributed by atoms with Gasteiger partial charge >= 0.3 is 0 Å². The Hall–Kier alpha value is -1.69. The van der Waals surface area contributed by atoms with Crippen molar-refractivity contribution >= 4 is 46.8 Å². The molecule has 2 rings (SSSR count). The highest BCUT2D eigenvalue weighted by molar-refractivity contribution is 7.99. The van der Waals surface area contributed by atoms with Crippen LogP contribution in [0.3, 0.4) is 0 Å². The molecule has 0 aliphatic rings. The second kappa shape index (κ2) is 11.5. The maximum absolute atomic E-state index is 13.0.